The lowest BCUT2D eigenvalue weighted by molar-refractivity contribution is 0.724. The summed E-state index contributed by atoms with van der Waals surface area (Å²) in [4.78, 5) is 0. The molecule has 0 aliphatic heterocycles. The molecule has 1 aromatic heterocycles. The number of nitrogens with one attached hydrogen (secondary N) is 1. The van der Waals surface area contributed by atoms with Crippen molar-refractivity contribution in [3.8, 4) is 0 Å². The van der Waals surface area contributed by atoms with E-state index in [0.717, 1.165) is 0 Å². The highest BCUT2D eigenvalue weighted by Gasteiger charge is 2.21. The van der Waals surface area contributed by atoms with E-state index in [1.54, 1.807) is 5.56 Å². The standard InChI is InChI=1S/C14H18N2/c1-10(2)15-16-13-8-4-3-6-11(13)12-7-5-9-14(12)16/h3-4,6,8,10,15H,5,7,9H2,1-2H3. The topological polar surface area (TPSA) is 17.0 Å². The van der Waals surface area contributed by atoms with Crippen molar-refractivity contribution in [3.05, 3.63) is 35.5 Å². The molecule has 3 rings (SSSR count). The van der Waals surface area contributed by atoms with Crippen LogP contribution in [0.25, 0.3) is 10.9 Å². The minimum absolute atomic E-state index is 0.473. The second kappa shape index (κ2) is 3.55. The molecule has 2 aromatic rings. The smallest absolute Gasteiger partial charge is 0.0698 e. The van der Waals surface area contributed by atoms with Crippen molar-refractivity contribution in [1.29, 1.82) is 0 Å². The first-order valence-electron chi connectivity index (χ1n) is 6.15. The molecule has 0 bridgehead atoms. The third kappa shape index (κ3) is 1.33. The Bertz CT molecular complexity index is 523. The summed E-state index contributed by atoms with van der Waals surface area (Å²) in [7, 11) is 0. The highest BCUT2D eigenvalue weighted by molar-refractivity contribution is 5.86. The Morgan fingerprint density at radius 3 is 2.81 bits per heavy atom. The third-order valence-electron chi connectivity index (χ3n) is 3.32. The summed E-state index contributed by atoms with van der Waals surface area (Å²) in [5.74, 6) is 0. The van der Waals surface area contributed by atoms with Crippen LogP contribution in [0.15, 0.2) is 24.3 Å². The average molecular weight is 214 g/mol. The van der Waals surface area contributed by atoms with E-state index in [4.69, 9.17) is 0 Å². The van der Waals surface area contributed by atoms with Crippen LogP contribution < -0.4 is 5.43 Å². The number of hydrogen-bond acceptors (Lipinski definition) is 1. The van der Waals surface area contributed by atoms with Gasteiger partial charge in [-0.2, -0.15) is 0 Å². The first kappa shape index (κ1) is 9.76. The fraction of sp³-hybridized carbons (Fsp3) is 0.429. The van der Waals surface area contributed by atoms with Gasteiger partial charge in [-0.25, -0.2) is 0 Å². The molecule has 0 spiro atoms. The van der Waals surface area contributed by atoms with Gasteiger partial charge in [-0.3, -0.25) is 4.68 Å². The van der Waals surface area contributed by atoms with Crippen molar-refractivity contribution in [1.82, 2.24) is 4.68 Å². The molecule has 84 valence electrons. The van der Waals surface area contributed by atoms with Gasteiger partial charge in [0, 0.05) is 17.1 Å². The Labute approximate surface area is 96.2 Å². The summed E-state index contributed by atoms with van der Waals surface area (Å²) in [6, 6.07) is 9.19. The summed E-state index contributed by atoms with van der Waals surface area (Å²) >= 11 is 0. The van der Waals surface area contributed by atoms with Crippen LogP contribution in [-0.2, 0) is 12.8 Å². The van der Waals surface area contributed by atoms with E-state index in [9.17, 15) is 0 Å². The van der Waals surface area contributed by atoms with Crippen LogP contribution in [-0.4, -0.2) is 10.7 Å². The lowest BCUT2D eigenvalue weighted by Crippen LogP contribution is -2.23. The Morgan fingerprint density at radius 1 is 1.19 bits per heavy atom. The first-order valence-corrected chi connectivity index (χ1v) is 6.15. The van der Waals surface area contributed by atoms with Gasteiger partial charge >= 0.3 is 0 Å². The van der Waals surface area contributed by atoms with Crippen LogP contribution in [0, 0.1) is 0 Å². The van der Waals surface area contributed by atoms with E-state index in [1.807, 2.05) is 0 Å². The third-order valence-corrected chi connectivity index (χ3v) is 3.32. The molecule has 0 amide bonds. The first-order chi connectivity index (χ1) is 7.77. The monoisotopic (exact) mass is 214 g/mol. The van der Waals surface area contributed by atoms with Gasteiger partial charge < -0.3 is 5.43 Å². The van der Waals surface area contributed by atoms with Crippen LogP contribution in [0.3, 0.4) is 0 Å². The van der Waals surface area contributed by atoms with Crippen molar-refractivity contribution < 1.29 is 0 Å². The van der Waals surface area contributed by atoms with Crippen molar-refractivity contribution >= 4 is 10.9 Å². The van der Waals surface area contributed by atoms with Crippen molar-refractivity contribution in [3.63, 3.8) is 0 Å². The van der Waals surface area contributed by atoms with Gasteiger partial charge in [-0.15, -0.1) is 0 Å². The zero-order valence-corrected chi connectivity index (χ0v) is 9.96. The van der Waals surface area contributed by atoms with E-state index in [1.165, 1.54) is 35.9 Å². The maximum absolute atomic E-state index is 3.54. The fourth-order valence-corrected chi connectivity index (χ4v) is 2.74. The Hall–Kier alpha value is -1.44. The number of hydrogen-bond donors (Lipinski definition) is 1. The average Bonchev–Trinajstić information content (AvgIpc) is 2.82. The fourth-order valence-electron chi connectivity index (χ4n) is 2.74. The summed E-state index contributed by atoms with van der Waals surface area (Å²) in [5.41, 5.74) is 7.93. The second-order valence-corrected chi connectivity index (χ2v) is 4.92. The molecule has 0 saturated carbocycles. The summed E-state index contributed by atoms with van der Waals surface area (Å²) < 4.78 is 2.31. The maximum Gasteiger partial charge on any atom is 0.0698 e. The number of para-hydroxylation sites is 1. The molecule has 1 aliphatic rings. The lowest BCUT2D eigenvalue weighted by atomic mass is 10.1. The number of benzene rings is 1. The Kier molecular flexibility index (Phi) is 2.16. The molecule has 1 heterocycles. The molecule has 0 unspecified atom stereocenters. The molecule has 1 N–H and O–H groups in total. The zero-order valence-electron chi connectivity index (χ0n) is 9.96. The van der Waals surface area contributed by atoms with Crippen LogP contribution in [0.5, 0.6) is 0 Å². The zero-order chi connectivity index (χ0) is 11.1. The molecular weight excluding hydrogens is 196 g/mol. The van der Waals surface area contributed by atoms with Gasteiger partial charge in [-0.1, -0.05) is 18.2 Å². The van der Waals surface area contributed by atoms with Gasteiger partial charge in [0.15, 0.2) is 0 Å². The predicted molar refractivity (Wildman–Crippen MR) is 68.5 cm³/mol. The van der Waals surface area contributed by atoms with Crippen LogP contribution in [0.2, 0.25) is 0 Å². The molecule has 0 radical (unpaired) electrons. The van der Waals surface area contributed by atoms with Crippen LogP contribution >= 0.6 is 0 Å². The maximum atomic E-state index is 3.54. The number of fused-ring (bicyclic) bond motifs is 3. The molecule has 0 fully saturated rings. The molecule has 16 heavy (non-hydrogen) atoms. The summed E-state index contributed by atoms with van der Waals surface area (Å²) in [6.45, 7) is 4.38. The van der Waals surface area contributed by atoms with Gasteiger partial charge in [0.1, 0.15) is 0 Å². The largest absolute Gasteiger partial charge is 0.323 e. The predicted octanol–water partition coefficient (Wildman–Crippen LogP) is 3.08. The summed E-state index contributed by atoms with van der Waals surface area (Å²) in [5, 5.41) is 1.43. The van der Waals surface area contributed by atoms with Gasteiger partial charge in [-0.05, 0) is 44.7 Å². The SMILES string of the molecule is CC(C)Nn1c2c(c3ccccc31)CCC2. The lowest BCUT2D eigenvalue weighted by Gasteiger charge is -2.15. The quantitative estimate of drug-likeness (QED) is 0.813. The second-order valence-electron chi connectivity index (χ2n) is 4.92. The van der Waals surface area contributed by atoms with Crippen molar-refractivity contribution in [2.45, 2.75) is 39.2 Å². The minimum atomic E-state index is 0.473. The highest BCUT2D eigenvalue weighted by Crippen LogP contribution is 2.32. The van der Waals surface area contributed by atoms with Crippen LogP contribution in [0.4, 0.5) is 0 Å². The van der Waals surface area contributed by atoms with E-state index < -0.39 is 0 Å². The molecular formula is C14H18N2. The van der Waals surface area contributed by atoms with Crippen molar-refractivity contribution in [2.75, 3.05) is 5.43 Å². The number of nitrogens with zero attached hydrogens (tertiary/aromatic N) is 1. The molecule has 0 saturated heterocycles. The normalized spacial score (nSPS) is 14.7. The van der Waals surface area contributed by atoms with Gasteiger partial charge in [0.2, 0.25) is 0 Å². The van der Waals surface area contributed by atoms with E-state index in [2.05, 4.69) is 48.2 Å². The van der Waals surface area contributed by atoms with E-state index >= 15 is 0 Å². The van der Waals surface area contributed by atoms with Crippen LogP contribution in [0.1, 0.15) is 31.5 Å². The summed E-state index contributed by atoms with van der Waals surface area (Å²) in [6.07, 6.45) is 3.75. The number of aromatic nitrogens is 1. The van der Waals surface area contributed by atoms with Gasteiger partial charge in [0.25, 0.3) is 0 Å². The molecule has 1 aromatic carbocycles. The Balaban J connectivity index is 2.25. The highest BCUT2D eigenvalue weighted by atomic mass is 15.4. The number of aryl methyl sites for hydroxylation is 1. The number of rotatable bonds is 2. The molecule has 2 heteroatoms. The molecule has 1 aliphatic carbocycles. The van der Waals surface area contributed by atoms with E-state index in [0.29, 0.717) is 6.04 Å². The van der Waals surface area contributed by atoms with Crippen molar-refractivity contribution in [2.24, 2.45) is 0 Å². The van der Waals surface area contributed by atoms with Gasteiger partial charge in [0.05, 0.1) is 5.52 Å². The van der Waals surface area contributed by atoms with E-state index in [-0.39, 0.29) is 0 Å². The minimum Gasteiger partial charge on any atom is -0.323 e. The molecule has 0 atom stereocenters. The molecule has 2 nitrogen and oxygen atoms in total. The Morgan fingerprint density at radius 2 is 2.00 bits per heavy atom.